The Labute approximate surface area is 90.0 Å². The van der Waals surface area contributed by atoms with Gasteiger partial charge in [0.25, 0.3) is 0 Å². The molecule has 0 aromatic carbocycles. The first-order chi connectivity index (χ1) is 6.70. The molecule has 0 saturated carbocycles. The highest BCUT2D eigenvalue weighted by molar-refractivity contribution is 4.94. The van der Waals surface area contributed by atoms with Crippen molar-refractivity contribution in [2.75, 3.05) is 13.1 Å². The summed E-state index contributed by atoms with van der Waals surface area (Å²) in [7, 11) is 0. The molecule has 0 aliphatic heterocycles. The minimum atomic E-state index is 0.883. The zero-order valence-corrected chi connectivity index (χ0v) is 10.4. The van der Waals surface area contributed by atoms with Crippen LogP contribution in [-0.4, -0.2) is 13.1 Å². The van der Waals surface area contributed by atoms with E-state index in [1.807, 2.05) is 0 Å². The quantitative estimate of drug-likeness (QED) is 0.461. The van der Waals surface area contributed by atoms with E-state index in [1.54, 1.807) is 0 Å². The van der Waals surface area contributed by atoms with Crippen molar-refractivity contribution >= 4 is 0 Å². The molecule has 0 aromatic heterocycles. The molecule has 1 atom stereocenters. The standard InChI is InChI=1S/C13H27N/c1-5-7-13(9-8-12(3)4)10-11-14-6-2/h8,13-14H,5-7,9-11H2,1-4H3. The van der Waals surface area contributed by atoms with Crippen LogP contribution in [0.4, 0.5) is 0 Å². The van der Waals surface area contributed by atoms with Gasteiger partial charge in [-0.1, -0.05) is 38.3 Å². The predicted molar refractivity (Wildman–Crippen MR) is 65.6 cm³/mol. The van der Waals surface area contributed by atoms with E-state index in [0.717, 1.165) is 12.5 Å². The van der Waals surface area contributed by atoms with Gasteiger partial charge in [-0.15, -0.1) is 0 Å². The molecule has 0 bridgehead atoms. The Bertz CT molecular complexity index is 145. The average molecular weight is 197 g/mol. The number of allylic oxidation sites excluding steroid dienone is 2. The van der Waals surface area contributed by atoms with Gasteiger partial charge in [-0.05, 0) is 45.7 Å². The summed E-state index contributed by atoms with van der Waals surface area (Å²) in [6.07, 6.45) is 7.65. The first-order valence-electron chi connectivity index (χ1n) is 6.04. The Kier molecular flexibility index (Phi) is 9.06. The maximum absolute atomic E-state index is 3.40. The summed E-state index contributed by atoms with van der Waals surface area (Å²) in [5.41, 5.74) is 1.45. The molecule has 0 aromatic rings. The Morgan fingerprint density at radius 2 is 1.93 bits per heavy atom. The Balaban J connectivity index is 3.71. The fraction of sp³-hybridized carbons (Fsp3) is 0.846. The molecule has 84 valence electrons. The van der Waals surface area contributed by atoms with E-state index in [0.29, 0.717) is 0 Å². The lowest BCUT2D eigenvalue weighted by molar-refractivity contribution is 0.436. The molecule has 0 spiro atoms. The number of nitrogens with one attached hydrogen (secondary N) is 1. The number of rotatable bonds is 8. The third-order valence-electron chi connectivity index (χ3n) is 2.54. The van der Waals surface area contributed by atoms with Crippen molar-refractivity contribution in [3.8, 4) is 0 Å². The highest BCUT2D eigenvalue weighted by Crippen LogP contribution is 2.16. The van der Waals surface area contributed by atoms with Crippen molar-refractivity contribution in [1.82, 2.24) is 5.32 Å². The van der Waals surface area contributed by atoms with Crippen molar-refractivity contribution < 1.29 is 0 Å². The van der Waals surface area contributed by atoms with Crippen molar-refractivity contribution in [1.29, 1.82) is 0 Å². The van der Waals surface area contributed by atoms with Gasteiger partial charge in [0, 0.05) is 0 Å². The van der Waals surface area contributed by atoms with E-state index in [-0.39, 0.29) is 0 Å². The van der Waals surface area contributed by atoms with Gasteiger partial charge >= 0.3 is 0 Å². The van der Waals surface area contributed by atoms with E-state index >= 15 is 0 Å². The van der Waals surface area contributed by atoms with Crippen LogP contribution in [0.3, 0.4) is 0 Å². The highest BCUT2D eigenvalue weighted by Gasteiger charge is 2.04. The monoisotopic (exact) mass is 197 g/mol. The van der Waals surface area contributed by atoms with Gasteiger partial charge in [0.1, 0.15) is 0 Å². The lowest BCUT2D eigenvalue weighted by Gasteiger charge is -2.14. The van der Waals surface area contributed by atoms with Crippen LogP contribution in [0.5, 0.6) is 0 Å². The smallest absolute Gasteiger partial charge is 0.00463 e. The molecule has 14 heavy (non-hydrogen) atoms. The fourth-order valence-electron chi connectivity index (χ4n) is 1.67. The summed E-state index contributed by atoms with van der Waals surface area (Å²) >= 11 is 0. The van der Waals surface area contributed by atoms with Crippen LogP contribution in [0.15, 0.2) is 11.6 Å². The van der Waals surface area contributed by atoms with Gasteiger partial charge in [0.15, 0.2) is 0 Å². The molecule has 0 fully saturated rings. The summed E-state index contributed by atoms with van der Waals surface area (Å²) in [6.45, 7) is 11.1. The summed E-state index contributed by atoms with van der Waals surface area (Å²) in [5.74, 6) is 0.883. The van der Waals surface area contributed by atoms with E-state index in [1.165, 1.54) is 37.8 Å². The van der Waals surface area contributed by atoms with E-state index in [4.69, 9.17) is 0 Å². The molecule has 0 amide bonds. The molecule has 0 saturated heterocycles. The van der Waals surface area contributed by atoms with E-state index in [2.05, 4.69) is 39.1 Å². The van der Waals surface area contributed by atoms with Crippen molar-refractivity contribution in [2.45, 2.75) is 53.4 Å². The molecular weight excluding hydrogens is 170 g/mol. The lowest BCUT2D eigenvalue weighted by Crippen LogP contribution is -2.17. The van der Waals surface area contributed by atoms with Crippen LogP contribution in [0, 0.1) is 5.92 Å². The first kappa shape index (κ1) is 13.7. The van der Waals surface area contributed by atoms with Gasteiger partial charge in [-0.2, -0.15) is 0 Å². The Morgan fingerprint density at radius 1 is 1.21 bits per heavy atom. The van der Waals surface area contributed by atoms with Crippen LogP contribution in [0.25, 0.3) is 0 Å². The van der Waals surface area contributed by atoms with E-state index < -0.39 is 0 Å². The molecule has 0 aliphatic rings. The molecule has 1 nitrogen and oxygen atoms in total. The third kappa shape index (κ3) is 8.31. The average Bonchev–Trinajstić information content (AvgIpc) is 2.14. The van der Waals surface area contributed by atoms with Gasteiger partial charge in [0.2, 0.25) is 0 Å². The second kappa shape index (κ2) is 9.26. The molecule has 1 unspecified atom stereocenters. The number of hydrogen-bond donors (Lipinski definition) is 1. The summed E-state index contributed by atoms with van der Waals surface area (Å²) in [4.78, 5) is 0. The van der Waals surface area contributed by atoms with Crippen molar-refractivity contribution in [3.63, 3.8) is 0 Å². The first-order valence-corrected chi connectivity index (χ1v) is 6.04. The lowest BCUT2D eigenvalue weighted by atomic mass is 9.95. The second-order valence-corrected chi connectivity index (χ2v) is 4.31. The van der Waals surface area contributed by atoms with Gasteiger partial charge in [-0.3, -0.25) is 0 Å². The van der Waals surface area contributed by atoms with Gasteiger partial charge in [0.05, 0.1) is 0 Å². The third-order valence-corrected chi connectivity index (χ3v) is 2.54. The summed E-state index contributed by atoms with van der Waals surface area (Å²) in [5, 5.41) is 3.40. The maximum atomic E-state index is 3.40. The molecule has 0 radical (unpaired) electrons. The SMILES string of the molecule is CCCC(CC=C(C)C)CCNCC. The Morgan fingerprint density at radius 3 is 2.43 bits per heavy atom. The van der Waals surface area contributed by atoms with Crippen LogP contribution in [0.2, 0.25) is 0 Å². The minimum absolute atomic E-state index is 0.883. The van der Waals surface area contributed by atoms with Gasteiger partial charge < -0.3 is 5.32 Å². The molecule has 1 N–H and O–H groups in total. The largest absolute Gasteiger partial charge is 0.317 e. The molecule has 0 aliphatic carbocycles. The molecule has 0 rings (SSSR count). The van der Waals surface area contributed by atoms with Crippen LogP contribution >= 0.6 is 0 Å². The summed E-state index contributed by atoms with van der Waals surface area (Å²) in [6, 6.07) is 0. The zero-order chi connectivity index (χ0) is 10.8. The van der Waals surface area contributed by atoms with Gasteiger partial charge in [-0.25, -0.2) is 0 Å². The van der Waals surface area contributed by atoms with Crippen molar-refractivity contribution in [3.05, 3.63) is 11.6 Å². The topological polar surface area (TPSA) is 12.0 Å². The van der Waals surface area contributed by atoms with Crippen LogP contribution in [0.1, 0.15) is 53.4 Å². The molecule has 0 heterocycles. The van der Waals surface area contributed by atoms with E-state index in [9.17, 15) is 0 Å². The molecule has 1 heteroatoms. The van der Waals surface area contributed by atoms with Crippen molar-refractivity contribution in [2.24, 2.45) is 5.92 Å². The predicted octanol–water partition coefficient (Wildman–Crippen LogP) is 3.76. The normalized spacial score (nSPS) is 12.6. The Hall–Kier alpha value is -0.300. The van der Waals surface area contributed by atoms with Crippen LogP contribution < -0.4 is 5.32 Å². The maximum Gasteiger partial charge on any atom is -0.00463 e. The summed E-state index contributed by atoms with van der Waals surface area (Å²) < 4.78 is 0. The zero-order valence-electron chi connectivity index (χ0n) is 10.4. The fourth-order valence-corrected chi connectivity index (χ4v) is 1.67. The minimum Gasteiger partial charge on any atom is -0.317 e. The number of hydrogen-bond acceptors (Lipinski definition) is 1. The highest BCUT2D eigenvalue weighted by atomic mass is 14.8. The second-order valence-electron chi connectivity index (χ2n) is 4.31. The molecular formula is C13H27N. The van der Waals surface area contributed by atoms with Crippen LogP contribution in [-0.2, 0) is 0 Å².